The van der Waals surface area contributed by atoms with E-state index in [2.05, 4.69) is 10.1 Å². The van der Waals surface area contributed by atoms with Crippen LogP contribution < -0.4 is 4.90 Å². The number of anilines is 1. The molecule has 3 aliphatic rings. The number of ketones is 1. The molecule has 0 aromatic heterocycles. The van der Waals surface area contributed by atoms with E-state index >= 15 is 0 Å². The summed E-state index contributed by atoms with van der Waals surface area (Å²) in [6.45, 7) is 3.58. The van der Waals surface area contributed by atoms with Crippen LogP contribution in [0.5, 0.6) is 0 Å². The number of nitro groups is 1. The van der Waals surface area contributed by atoms with Crippen molar-refractivity contribution in [3.8, 4) is 0 Å². The lowest BCUT2D eigenvalue weighted by molar-refractivity contribution is -0.384. The number of oxime groups is 1. The van der Waals surface area contributed by atoms with Gasteiger partial charge in [0.2, 0.25) is 0 Å². The standard InChI is InChI=1S/C18H21N3O6/c1-12(22)17-15-10-25-18(26-11-16(15)27-19-17)6-8-20(9-7-18)13-2-4-14(5-3-13)21(23)24/h2-5,15-16H,6-11H2,1H3/t15-,16+/m0/s1. The van der Waals surface area contributed by atoms with Crippen LogP contribution in [0.25, 0.3) is 0 Å². The Balaban J connectivity index is 1.39. The molecule has 9 heteroatoms. The zero-order valence-electron chi connectivity index (χ0n) is 15.0. The lowest BCUT2D eigenvalue weighted by Gasteiger charge is -2.41. The summed E-state index contributed by atoms with van der Waals surface area (Å²) in [6, 6.07) is 6.55. The normalized spacial score (nSPS) is 26.7. The highest BCUT2D eigenvalue weighted by Crippen LogP contribution is 2.36. The molecule has 0 saturated carbocycles. The van der Waals surface area contributed by atoms with Gasteiger partial charge in [-0.2, -0.15) is 0 Å². The zero-order valence-corrected chi connectivity index (χ0v) is 15.0. The molecule has 4 rings (SSSR count). The van der Waals surface area contributed by atoms with E-state index in [-0.39, 0.29) is 23.5 Å². The predicted molar refractivity (Wildman–Crippen MR) is 95.7 cm³/mol. The molecule has 0 N–H and O–H groups in total. The van der Waals surface area contributed by atoms with E-state index in [1.807, 2.05) is 0 Å². The van der Waals surface area contributed by atoms with Gasteiger partial charge in [-0.25, -0.2) is 0 Å². The predicted octanol–water partition coefficient (Wildman–Crippen LogP) is 1.90. The number of carbonyl (C=O) groups excluding carboxylic acids is 1. The number of nitro benzene ring substituents is 1. The van der Waals surface area contributed by atoms with Gasteiger partial charge < -0.3 is 19.2 Å². The molecule has 1 spiro atoms. The fourth-order valence-corrected chi connectivity index (χ4v) is 3.80. The Labute approximate surface area is 156 Å². The summed E-state index contributed by atoms with van der Waals surface area (Å²) in [5.41, 5.74) is 1.44. The molecule has 27 heavy (non-hydrogen) atoms. The van der Waals surface area contributed by atoms with Gasteiger partial charge >= 0.3 is 0 Å². The molecule has 144 valence electrons. The average Bonchev–Trinajstić information content (AvgIpc) is 3.01. The molecule has 0 radical (unpaired) electrons. The Morgan fingerprint density at radius 3 is 2.52 bits per heavy atom. The Morgan fingerprint density at radius 1 is 1.22 bits per heavy atom. The van der Waals surface area contributed by atoms with Crippen molar-refractivity contribution >= 4 is 22.9 Å². The van der Waals surface area contributed by atoms with E-state index in [4.69, 9.17) is 14.3 Å². The summed E-state index contributed by atoms with van der Waals surface area (Å²) in [5, 5.41) is 14.7. The first-order valence-corrected chi connectivity index (χ1v) is 8.99. The van der Waals surface area contributed by atoms with Crippen LogP contribution in [0.1, 0.15) is 19.8 Å². The first-order chi connectivity index (χ1) is 13.0. The number of benzene rings is 1. The first-order valence-electron chi connectivity index (χ1n) is 8.99. The van der Waals surface area contributed by atoms with Crippen LogP contribution in [0, 0.1) is 16.0 Å². The highest BCUT2D eigenvalue weighted by molar-refractivity contribution is 6.40. The van der Waals surface area contributed by atoms with Crippen molar-refractivity contribution in [2.24, 2.45) is 11.1 Å². The molecule has 0 aliphatic carbocycles. The minimum absolute atomic E-state index is 0.0807. The largest absolute Gasteiger partial charge is 0.389 e. The Kier molecular flexibility index (Phi) is 4.56. The number of non-ortho nitro benzene ring substituents is 1. The molecule has 0 bridgehead atoms. The maximum absolute atomic E-state index is 11.7. The maximum Gasteiger partial charge on any atom is 0.269 e. The van der Waals surface area contributed by atoms with Gasteiger partial charge in [0.15, 0.2) is 17.7 Å². The molecular weight excluding hydrogens is 354 g/mol. The molecule has 0 unspecified atom stereocenters. The second kappa shape index (κ2) is 6.90. The third-order valence-electron chi connectivity index (χ3n) is 5.43. The van der Waals surface area contributed by atoms with Gasteiger partial charge in [0, 0.05) is 50.7 Å². The van der Waals surface area contributed by atoms with Crippen molar-refractivity contribution in [2.75, 3.05) is 31.2 Å². The molecule has 2 fully saturated rings. The number of hydrogen-bond acceptors (Lipinski definition) is 8. The van der Waals surface area contributed by atoms with Crippen LogP contribution >= 0.6 is 0 Å². The fourth-order valence-electron chi connectivity index (χ4n) is 3.80. The van der Waals surface area contributed by atoms with E-state index in [0.29, 0.717) is 44.9 Å². The molecular formula is C18H21N3O6. The van der Waals surface area contributed by atoms with E-state index in [1.165, 1.54) is 19.1 Å². The molecule has 3 heterocycles. The van der Waals surface area contributed by atoms with Gasteiger partial charge in [0.25, 0.3) is 5.69 Å². The van der Waals surface area contributed by atoms with Gasteiger partial charge in [-0.3, -0.25) is 14.9 Å². The first kappa shape index (κ1) is 17.9. The van der Waals surface area contributed by atoms with Crippen LogP contribution in [0.15, 0.2) is 29.4 Å². The number of ether oxygens (including phenoxy) is 2. The minimum Gasteiger partial charge on any atom is -0.389 e. The highest BCUT2D eigenvalue weighted by Gasteiger charge is 2.46. The topological polar surface area (TPSA) is 104 Å². The van der Waals surface area contributed by atoms with E-state index in [0.717, 1.165) is 5.69 Å². The number of piperidine rings is 1. The number of hydrogen-bond donors (Lipinski definition) is 0. The van der Waals surface area contributed by atoms with Crippen LogP contribution in [0.2, 0.25) is 0 Å². The van der Waals surface area contributed by atoms with Gasteiger partial charge in [0.1, 0.15) is 5.71 Å². The lowest BCUT2D eigenvalue weighted by Crippen LogP contribution is -2.48. The van der Waals surface area contributed by atoms with Crippen molar-refractivity contribution in [2.45, 2.75) is 31.7 Å². The summed E-state index contributed by atoms with van der Waals surface area (Å²) in [7, 11) is 0. The SMILES string of the molecule is CC(=O)C1=NO[C@@H]2COC3(CCN(c4ccc([N+](=O)[O-])cc4)CC3)OC[C@H]12. The maximum atomic E-state index is 11.7. The number of rotatable bonds is 3. The summed E-state index contributed by atoms with van der Waals surface area (Å²) in [6.07, 6.45) is 1.04. The number of carbonyl (C=O) groups is 1. The molecule has 1 aromatic carbocycles. The third kappa shape index (κ3) is 3.40. The molecule has 1 aromatic rings. The highest BCUT2D eigenvalue weighted by atomic mass is 16.7. The van der Waals surface area contributed by atoms with Crippen LogP contribution in [0.4, 0.5) is 11.4 Å². The van der Waals surface area contributed by atoms with Gasteiger partial charge in [-0.1, -0.05) is 5.16 Å². The fraction of sp³-hybridized carbons (Fsp3) is 0.556. The quantitative estimate of drug-likeness (QED) is 0.587. The molecule has 2 saturated heterocycles. The van der Waals surface area contributed by atoms with Crippen molar-refractivity contribution in [1.82, 2.24) is 0 Å². The minimum atomic E-state index is -0.688. The summed E-state index contributed by atoms with van der Waals surface area (Å²) >= 11 is 0. The smallest absolute Gasteiger partial charge is 0.269 e. The molecule has 2 atom stereocenters. The van der Waals surface area contributed by atoms with Gasteiger partial charge in [-0.15, -0.1) is 0 Å². The monoisotopic (exact) mass is 375 g/mol. The van der Waals surface area contributed by atoms with Crippen molar-refractivity contribution in [1.29, 1.82) is 0 Å². The van der Waals surface area contributed by atoms with E-state index in [9.17, 15) is 14.9 Å². The van der Waals surface area contributed by atoms with Crippen LogP contribution in [-0.4, -0.2) is 54.6 Å². The number of fused-ring (bicyclic) bond motifs is 1. The second-order valence-corrected chi connectivity index (χ2v) is 7.08. The Hall–Kier alpha value is -2.52. The molecule has 0 amide bonds. The van der Waals surface area contributed by atoms with E-state index < -0.39 is 10.7 Å². The summed E-state index contributed by atoms with van der Waals surface area (Å²) < 4.78 is 12.2. The van der Waals surface area contributed by atoms with Gasteiger partial charge in [-0.05, 0) is 12.1 Å². The molecule has 9 nitrogen and oxygen atoms in total. The summed E-state index contributed by atoms with van der Waals surface area (Å²) in [4.78, 5) is 29.6. The third-order valence-corrected chi connectivity index (χ3v) is 5.43. The summed E-state index contributed by atoms with van der Waals surface area (Å²) in [5.74, 6) is -0.975. The number of Topliss-reactive ketones (excluding diaryl/α,β-unsaturated/α-hetero) is 1. The van der Waals surface area contributed by atoms with Crippen molar-refractivity contribution in [3.63, 3.8) is 0 Å². The average molecular weight is 375 g/mol. The Morgan fingerprint density at radius 2 is 1.89 bits per heavy atom. The second-order valence-electron chi connectivity index (χ2n) is 7.08. The van der Waals surface area contributed by atoms with Crippen LogP contribution in [0.3, 0.4) is 0 Å². The number of nitrogens with zero attached hydrogens (tertiary/aromatic N) is 3. The Bertz CT molecular complexity index is 770. The van der Waals surface area contributed by atoms with E-state index in [1.54, 1.807) is 12.1 Å². The zero-order chi connectivity index (χ0) is 19.0. The van der Waals surface area contributed by atoms with Crippen molar-refractivity contribution < 1.29 is 24.0 Å². The lowest BCUT2D eigenvalue weighted by atomic mass is 9.96. The van der Waals surface area contributed by atoms with Crippen molar-refractivity contribution in [3.05, 3.63) is 34.4 Å². The molecule has 3 aliphatic heterocycles. The van der Waals surface area contributed by atoms with Gasteiger partial charge in [0.05, 0.1) is 24.1 Å². The van der Waals surface area contributed by atoms with Crippen LogP contribution in [-0.2, 0) is 19.1 Å².